The van der Waals surface area contributed by atoms with E-state index >= 15 is 0 Å². The van der Waals surface area contributed by atoms with Gasteiger partial charge in [0.1, 0.15) is 5.75 Å². The third-order valence-electron chi connectivity index (χ3n) is 4.62. The van der Waals surface area contributed by atoms with E-state index in [0.29, 0.717) is 22.1 Å². The first-order chi connectivity index (χ1) is 15.4. The molecule has 0 amide bonds. The molecular formula is C24H18ClN3O4. The third-order valence-corrected chi connectivity index (χ3v) is 4.86. The smallest absolute Gasteiger partial charge is 0.335 e. The van der Waals surface area contributed by atoms with Crippen LogP contribution in [0.2, 0.25) is 5.02 Å². The monoisotopic (exact) mass is 447 g/mol. The largest absolute Gasteiger partial charge is 0.478 e. The van der Waals surface area contributed by atoms with E-state index in [2.05, 4.69) is 10.4 Å². The topological polar surface area (TPSA) is 93.4 Å². The van der Waals surface area contributed by atoms with E-state index in [1.165, 1.54) is 23.0 Å². The molecule has 2 N–H and O–H groups in total. The molecule has 0 fully saturated rings. The lowest BCUT2D eigenvalue weighted by molar-refractivity contribution is 0.0697. The molecule has 4 rings (SSSR count). The Morgan fingerprint density at radius 3 is 2.53 bits per heavy atom. The van der Waals surface area contributed by atoms with Crippen LogP contribution in [-0.2, 0) is 0 Å². The van der Waals surface area contributed by atoms with Gasteiger partial charge in [-0.1, -0.05) is 41.4 Å². The van der Waals surface area contributed by atoms with Crippen LogP contribution in [0, 0.1) is 6.92 Å². The Morgan fingerprint density at radius 1 is 1.06 bits per heavy atom. The summed E-state index contributed by atoms with van der Waals surface area (Å²) >= 11 is 6.04. The molecule has 0 saturated carbocycles. The number of hydrogen-bond donors (Lipinski definition) is 2. The Balaban J connectivity index is 1.81. The molecule has 0 radical (unpaired) electrons. The van der Waals surface area contributed by atoms with Gasteiger partial charge in [-0.05, 0) is 55.5 Å². The second-order valence-electron chi connectivity index (χ2n) is 7.01. The van der Waals surface area contributed by atoms with Crippen molar-refractivity contribution in [2.24, 2.45) is 0 Å². The van der Waals surface area contributed by atoms with Crippen LogP contribution in [-0.4, -0.2) is 20.9 Å². The number of nitrogens with one attached hydrogen (secondary N) is 1. The minimum atomic E-state index is -1.07. The second kappa shape index (κ2) is 8.95. The number of carboxylic acid groups (broad SMARTS) is 1. The van der Waals surface area contributed by atoms with E-state index in [0.717, 1.165) is 5.56 Å². The molecule has 1 heterocycles. The van der Waals surface area contributed by atoms with Gasteiger partial charge in [-0.15, -0.1) is 0 Å². The normalized spacial score (nSPS) is 10.6. The van der Waals surface area contributed by atoms with Crippen LogP contribution < -0.4 is 15.6 Å². The van der Waals surface area contributed by atoms with Gasteiger partial charge in [0, 0.05) is 10.7 Å². The van der Waals surface area contributed by atoms with E-state index in [-0.39, 0.29) is 17.0 Å². The number of halogens is 1. The number of carbonyl (C=O) groups is 1. The molecule has 7 nitrogen and oxygen atoms in total. The number of carboxylic acids is 1. The number of aromatic nitrogens is 2. The van der Waals surface area contributed by atoms with E-state index in [1.54, 1.807) is 48.5 Å². The molecule has 0 aliphatic heterocycles. The number of anilines is 2. The molecule has 0 aliphatic carbocycles. The Kier molecular flexibility index (Phi) is 5.91. The molecule has 0 spiro atoms. The molecular weight excluding hydrogens is 430 g/mol. The molecule has 0 bridgehead atoms. The molecule has 0 saturated heterocycles. The Morgan fingerprint density at radius 2 is 1.81 bits per heavy atom. The van der Waals surface area contributed by atoms with Gasteiger partial charge < -0.3 is 15.2 Å². The van der Waals surface area contributed by atoms with Gasteiger partial charge in [0.05, 0.1) is 17.4 Å². The predicted octanol–water partition coefficient (Wildman–Crippen LogP) is 5.43. The molecule has 32 heavy (non-hydrogen) atoms. The second-order valence-corrected chi connectivity index (χ2v) is 7.44. The summed E-state index contributed by atoms with van der Waals surface area (Å²) in [4.78, 5) is 24.7. The van der Waals surface area contributed by atoms with Gasteiger partial charge in [0.2, 0.25) is 0 Å². The van der Waals surface area contributed by atoms with Crippen LogP contribution in [0.15, 0.2) is 83.8 Å². The molecule has 160 valence electrons. The zero-order valence-corrected chi connectivity index (χ0v) is 17.7. The maximum Gasteiger partial charge on any atom is 0.335 e. The van der Waals surface area contributed by atoms with Crippen LogP contribution in [0.4, 0.5) is 11.4 Å². The average Bonchev–Trinajstić information content (AvgIpc) is 2.77. The number of aryl methyl sites for hydroxylation is 1. The van der Waals surface area contributed by atoms with E-state index in [4.69, 9.17) is 16.3 Å². The first-order valence-electron chi connectivity index (χ1n) is 9.64. The number of benzene rings is 3. The van der Waals surface area contributed by atoms with Crippen molar-refractivity contribution >= 4 is 28.9 Å². The first-order valence-corrected chi connectivity index (χ1v) is 10.0. The lowest BCUT2D eigenvalue weighted by atomic mass is 10.2. The van der Waals surface area contributed by atoms with Crippen molar-refractivity contribution in [3.8, 4) is 17.2 Å². The summed E-state index contributed by atoms with van der Waals surface area (Å²) in [6, 6.07) is 20.2. The van der Waals surface area contributed by atoms with Crippen molar-refractivity contribution in [1.29, 1.82) is 0 Å². The summed E-state index contributed by atoms with van der Waals surface area (Å²) in [6.07, 6.45) is 1.42. The molecule has 0 aliphatic rings. The Labute approximate surface area is 188 Å². The van der Waals surface area contributed by atoms with Crippen LogP contribution in [0.25, 0.3) is 5.69 Å². The van der Waals surface area contributed by atoms with Gasteiger partial charge in [-0.2, -0.15) is 9.78 Å². The molecule has 3 aromatic carbocycles. The highest BCUT2D eigenvalue weighted by molar-refractivity contribution is 6.30. The minimum Gasteiger partial charge on any atom is -0.478 e. The van der Waals surface area contributed by atoms with Gasteiger partial charge in [-0.3, -0.25) is 4.79 Å². The van der Waals surface area contributed by atoms with Crippen molar-refractivity contribution in [3.05, 3.63) is 105 Å². The lowest BCUT2D eigenvalue weighted by Crippen LogP contribution is -2.24. The van der Waals surface area contributed by atoms with Crippen molar-refractivity contribution in [2.45, 2.75) is 6.92 Å². The maximum atomic E-state index is 13.4. The number of ether oxygens (including phenoxy) is 1. The van der Waals surface area contributed by atoms with Crippen LogP contribution in [0.3, 0.4) is 0 Å². The fraction of sp³-hybridized carbons (Fsp3) is 0.0417. The fourth-order valence-corrected chi connectivity index (χ4v) is 3.21. The lowest BCUT2D eigenvalue weighted by Gasteiger charge is -2.15. The first kappa shape index (κ1) is 21.1. The summed E-state index contributed by atoms with van der Waals surface area (Å²) in [5.41, 5.74) is 1.76. The number of rotatable bonds is 6. The van der Waals surface area contributed by atoms with Crippen molar-refractivity contribution in [2.75, 3.05) is 5.32 Å². The van der Waals surface area contributed by atoms with E-state index in [9.17, 15) is 14.7 Å². The van der Waals surface area contributed by atoms with Gasteiger partial charge in [0.15, 0.2) is 11.4 Å². The van der Waals surface area contributed by atoms with Crippen LogP contribution >= 0.6 is 11.6 Å². The highest BCUT2D eigenvalue weighted by atomic mass is 35.5. The summed E-state index contributed by atoms with van der Waals surface area (Å²) in [7, 11) is 0. The van der Waals surface area contributed by atoms with E-state index < -0.39 is 11.5 Å². The number of nitrogens with zero attached hydrogens (tertiary/aromatic N) is 2. The highest BCUT2D eigenvalue weighted by Gasteiger charge is 2.16. The summed E-state index contributed by atoms with van der Waals surface area (Å²) in [6.45, 7) is 1.95. The molecule has 4 aromatic rings. The van der Waals surface area contributed by atoms with Gasteiger partial charge in [-0.25, -0.2) is 4.79 Å². The Hall–Kier alpha value is -4.10. The fourth-order valence-electron chi connectivity index (χ4n) is 3.03. The SMILES string of the molecule is Cc1ccc(-n2ncc(Oc3cccc(Cl)c3)c(Nc3cccc(C(=O)O)c3)c2=O)cc1. The summed E-state index contributed by atoms with van der Waals surface area (Å²) in [5, 5.41) is 17.0. The molecule has 1 aromatic heterocycles. The summed E-state index contributed by atoms with van der Waals surface area (Å²) < 4.78 is 7.14. The van der Waals surface area contributed by atoms with Crippen molar-refractivity contribution < 1.29 is 14.6 Å². The summed E-state index contributed by atoms with van der Waals surface area (Å²) in [5.74, 6) is -0.480. The zero-order chi connectivity index (χ0) is 22.7. The maximum absolute atomic E-state index is 13.4. The number of hydrogen-bond acceptors (Lipinski definition) is 5. The minimum absolute atomic E-state index is 0.0835. The highest BCUT2D eigenvalue weighted by Crippen LogP contribution is 2.30. The predicted molar refractivity (Wildman–Crippen MR) is 123 cm³/mol. The molecule has 0 unspecified atom stereocenters. The van der Waals surface area contributed by atoms with Crippen molar-refractivity contribution in [3.63, 3.8) is 0 Å². The Bertz CT molecular complexity index is 1350. The average molecular weight is 448 g/mol. The zero-order valence-electron chi connectivity index (χ0n) is 16.9. The standard InChI is InChI=1S/C24H18ClN3O4/c1-15-8-10-19(11-9-15)28-23(29)22(27-18-6-2-4-16(12-18)24(30)31)21(14-26-28)32-20-7-3-5-17(25)13-20/h2-14,27H,1H3,(H,30,31). The van der Waals surface area contributed by atoms with Crippen LogP contribution in [0.5, 0.6) is 11.5 Å². The third kappa shape index (κ3) is 4.63. The molecule has 0 atom stereocenters. The molecule has 8 heteroatoms. The van der Waals surface area contributed by atoms with Crippen LogP contribution in [0.1, 0.15) is 15.9 Å². The van der Waals surface area contributed by atoms with Gasteiger partial charge in [0.25, 0.3) is 5.56 Å². The quantitative estimate of drug-likeness (QED) is 0.409. The van der Waals surface area contributed by atoms with Gasteiger partial charge >= 0.3 is 5.97 Å². The van der Waals surface area contributed by atoms with Crippen molar-refractivity contribution in [1.82, 2.24) is 9.78 Å². The van der Waals surface area contributed by atoms with E-state index in [1.807, 2.05) is 19.1 Å². The number of aromatic carboxylic acids is 1.